The third kappa shape index (κ3) is 3.79. The molecule has 0 aromatic heterocycles. The van der Waals surface area contributed by atoms with Crippen molar-refractivity contribution in [3.63, 3.8) is 0 Å². The van der Waals surface area contributed by atoms with Crippen LogP contribution in [-0.4, -0.2) is 17.1 Å². The number of benzene rings is 2. The zero-order valence-corrected chi connectivity index (χ0v) is 13.8. The van der Waals surface area contributed by atoms with E-state index in [-0.39, 0.29) is 22.4 Å². The summed E-state index contributed by atoms with van der Waals surface area (Å²) in [5.41, 5.74) is -0.0330. The maximum Gasteiger partial charge on any atom is 0.416 e. The number of carbonyl (C=O) groups is 2. The second-order valence-corrected chi connectivity index (χ2v) is 6.88. The molecule has 25 heavy (non-hydrogen) atoms. The number of alkyl halides is 3. The molecule has 130 valence electrons. The van der Waals surface area contributed by atoms with Crippen molar-refractivity contribution in [2.24, 2.45) is 0 Å². The van der Waals surface area contributed by atoms with Gasteiger partial charge < -0.3 is 10.6 Å². The van der Waals surface area contributed by atoms with E-state index in [1.54, 1.807) is 19.1 Å². The van der Waals surface area contributed by atoms with Gasteiger partial charge in [-0.15, -0.1) is 11.8 Å². The van der Waals surface area contributed by atoms with Crippen LogP contribution >= 0.6 is 11.8 Å². The fourth-order valence-corrected chi connectivity index (χ4v) is 3.26. The first kappa shape index (κ1) is 17.3. The molecule has 1 heterocycles. The van der Waals surface area contributed by atoms with E-state index >= 15 is 0 Å². The number of nitrogens with one attached hydrogen (secondary N) is 2. The summed E-state index contributed by atoms with van der Waals surface area (Å²) in [5, 5.41) is 4.92. The Kier molecular flexibility index (Phi) is 4.47. The number of rotatable bonds is 2. The van der Waals surface area contributed by atoms with Crippen LogP contribution in [0.4, 0.5) is 24.5 Å². The number of thioether (sulfide) groups is 1. The second-order valence-electron chi connectivity index (χ2n) is 5.49. The summed E-state index contributed by atoms with van der Waals surface area (Å²) in [6.45, 7) is 1.77. The van der Waals surface area contributed by atoms with Gasteiger partial charge in [-0.25, -0.2) is 0 Å². The van der Waals surface area contributed by atoms with E-state index in [2.05, 4.69) is 10.6 Å². The van der Waals surface area contributed by atoms with Crippen molar-refractivity contribution in [2.45, 2.75) is 23.2 Å². The summed E-state index contributed by atoms with van der Waals surface area (Å²) < 4.78 is 38.2. The van der Waals surface area contributed by atoms with E-state index in [0.29, 0.717) is 5.69 Å². The van der Waals surface area contributed by atoms with E-state index < -0.39 is 17.6 Å². The lowest BCUT2D eigenvalue weighted by atomic mass is 10.1. The Hall–Kier alpha value is -2.48. The fraction of sp³-hybridized carbons (Fsp3) is 0.176. The van der Waals surface area contributed by atoms with E-state index in [9.17, 15) is 22.8 Å². The van der Waals surface area contributed by atoms with Gasteiger partial charge in [0, 0.05) is 16.1 Å². The minimum Gasteiger partial charge on any atom is -0.324 e. The predicted molar refractivity (Wildman–Crippen MR) is 89.8 cm³/mol. The van der Waals surface area contributed by atoms with Gasteiger partial charge in [0.2, 0.25) is 5.91 Å². The van der Waals surface area contributed by atoms with E-state index in [1.165, 1.54) is 30.0 Å². The molecular weight excluding hydrogens is 353 g/mol. The van der Waals surface area contributed by atoms with E-state index in [1.807, 2.05) is 0 Å². The fourth-order valence-electron chi connectivity index (χ4n) is 2.33. The van der Waals surface area contributed by atoms with E-state index in [4.69, 9.17) is 0 Å². The van der Waals surface area contributed by atoms with Crippen LogP contribution in [0.25, 0.3) is 0 Å². The average Bonchev–Trinajstić information content (AvgIpc) is 2.55. The molecular formula is C17H13F3N2O2S. The molecule has 0 bridgehead atoms. The van der Waals surface area contributed by atoms with Gasteiger partial charge >= 0.3 is 6.18 Å². The molecule has 0 fully saturated rings. The minimum absolute atomic E-state index is 0.0459. The molecule has 1 aliphatic rings. The van der Waals surface area contributed by atoms with Crippen molar-refractivity contribution in [3.05, 3.63) is 53.6 Å². The lowest BCUT2D eigenvalue weighted by Crippen LogP contribution is -2.26. The molecule has 2 aromatic carbocycles. The van der Waals surface area contributed by atoms with Crippen LogP contribution in [0.15, 0.2) is 47.4 Å². The Morgan fingerprint density at radius 3 is 2.68 bits per heavy atom. The molecule has 0 unspecified atom stereocenters. The van der Waals surface area contributed by atoms with Crippen LogP contribution in [0, 0.1) is 0 Å². The number of hydrogen-bond acceptors (Lipinski definition) is 3. The molecule has 2 amide bonds. The first-order chi connectivity index (χ1) is 11.7. The zero-order chi connectivity index (χ0) is 18.2. The maximum atomic E-state index is 12.7. The standard InChI is InChI=1S/C17H13F3N2O2S/c1-9-15(23)22-13-7-10(5-6-14(13)25-9)16(24)21-12-4-2-3-11(8-12)17(18,19)20/h2-9H,1H3,(H,21,24)(H,22,23)/t9-/m1/s1. The lowest BCUT2D eigenvalue weighted by Gasteiger charge is -2.21. The van der Waals surface area contributed by atoms with Crippen LogP contribution in [0.2, 0.25) is 0 Å². The number of amides is 2. The topological polar surface area (TPSA) is 58.2 Å². The highest BCUT2D eigenvalue weighted by Crippen LogP contribution is 2.36. The van der Waals surface area contributed by atoms with Crippen LogP contribution in [0.3, 0.4) is 0 Å². The van der Waals surface area contributed by atoms with Gasteiger partial charge in [0.15, 0.2) is 0 Å². The Morgan fingerprint density at radius 2 is 1.96 bits per heavy atom. The van der Waals surface area contributed by atoms with E-state index in [0.717, 1.165) is 17.0 Å². The van der Waals surface area contributed by atoms with Gasteiger partial charge in [-0.3, -0.25) is 9.59 Å². The monoisotopic (exact) mass is 366 g/mol. The third-order valence-electron chi connectivity index (χ3n) is 3.62. The summed E-state index contributed by atoms with van der Waals surface area (Å²) in [6.07, 6.45) is -4.48. The van der Waals surface area contributed by atoms with Crippen LogP contribution in [0.1, 0.15) is 22.8 Å². The Bertz CT molecular complexity index is 852. The number of hydrogen-bond donors (Lipinski definition) is 2. The predicted octanol–water partition coefficient (Wildman–Crippen LogP) is 4.39. The zero-order valence-electron chi connectivity index (χ0n) is 13.0. The molecule has 0 radical (unpaired) electrons. The van der Waals surface area contributed by atoms with Gasteiger partial charge in [-0.2, -0.15) is 13.2 Å². The number of fused-ring (bicyclic) bond motifs is 1. The SMILES string of the molecule is C[C@H]1Sc2ccc(C(=O)Nc3cccc(C(F)(F)F)c3)cc2NC1=O. The highest BCUT2D eigenvalue weighted by molar-refractivity contribution is 8.00. The maximum absolute atomic E-state index is 12.7. The van der Waals surface area contributed by atoms with Crippen molar-refractivity contribution in [2.75, 3.05) is 10.6 Å². The summed E-state index contributed by atoms with van der Waals surface area (Å²) in [5.74, 6) is -0.715. The van der Waals surface area contributed by atoms with Gasteiger partial charge in [0.25, 0.3) is 5.91 Å². The normalized spacial score (nSPS) is 16.8. The lowest BCUT2D eigenvalue weighted by molar-refractivity contribution is -0.137. The molecule has 0 saturated heterocycles. The van der Waals surface area contributed by atoms with Crippen molar-refractivity contribution in [3.8, 4) is 0 Å². The molecule has 1 aliphatic heterocycles. The van der Waals surface area contributed by atoms with Crippen molar-refractivity contribution in [1.82, 2.24) is 0 Å². The number of anilines is 2. The average molecular weight is 366 g/mol. The molecule has 0 spiro atoms. The van der Waals surface area contributed by atoms with Crippen molar-refractivity contribution < 1.29 is 22.8 Å². The molecule has 2 aromatic rings. The van der Waals surface area contributed by atoms with Gasteiger partial charge in [-0.1, -0.05) is 6.07 Å². The summed E-state index contributed by atoms with van der Waals surface area (Å²) >= 11 is 1.38. The Labute approximate surface area is 145 Å². The highest BCUT2D eigenvalue weighted by Gasteiger charge is 2.30. The summed E-state index contributed by atoms with van der Waals surface area (Å²) in [6, 6.07) is 9.19. The first-order valence-corrected chi connectivity index (χ1v) is 8.22. The smallest absolute Gasteiger partial charge is 0.324 e. The van der Waals surface area contributed by atoms with Crippen LogP contribution in [0.5, 0.6) is 0 Å². The number of carbonyl (C=O) groups excluding carboxylic acids is 2. The Balaban J connectivity index is 1.81. The number of halogens is 3. The van der Waals surface area contributed by atoms with Crippen LogP contribution < -0.4 is 10.6 Å². The molecule has 2 N–H and O–H groups in total. The quantitative estimate of drug-likeness (QED) is 0.829. The molecule has 4 nitrogen and oxygen atoms in total. The largest absolute Gasteiger partial charge is 0.416 e. The molecule has 0 aliphatic carbocycles. The molecule has 1 atom stereocenters. The highest BCUT2D eigenvalue weighted by atomic mass is 32.2. The molecule has 8 heteroatoms. The first-order valence-electron chi connectivity index (χ1n) is 7.34. The van der Waals surface area contributed by atoms with Crippen LogP contribution in [-0.2, 0) is 11.0 Å². The minimum atomic E-state index is -4.48. The third-order valence-corrected chi connectivity index (χ3v) is 4.80. The van der Waals surface area contributed by atoms with Crippen molar-refractivity contribution in [1.29, 1.82) is 0 Å². The Morgan fingerprint density at radius 1 is 1.20 bits per heavy atom. The second kappa shape index (κ2) is 6.44. The molecule has 3 rings (SSSR count). The van der Waals surface area contributed by atoms with Gasteiger partial charge in [0.05, 0.1) is 16.5 Å². The van der Waals surface area contributed by atoms with Crippen molar-refractivity contribution >= 4 is 35.0 Å². The summed E-state index contributed by atoms with van der Waals surface area (Å²) in [4.78, 5) is 24.9. The molecule has 0 saturated carbocycles. The summed E-state index contributed by atoms with van der Waals surface area (Å²) in [7, 11) is 0. The van der Waals surface area contributed by atoms with Gasteiger partial charge in [0.1, 0.15) is 0 Å². The van der Waals surface area contributed by atoms with Gasteiger partial charge in [-0.05, 0) is 43.3 Å².